The van der Waals surface area contributed by atoms with Gasteiger partial charge in [0.15, 0.2) is 4.96 Å². The van der Waals surface area contributed by atoms with Gasteiger partial charge in [-0.25, -0.2) is 4.98 Å². The number of rotatable bonds is 17. The Morgan fingerprint density at radius 1 is 0.676 bits per heavy atom. The number of thiazole rings is 1. The molecule has 0 aliphatic heterocycles. The largest absolute Gasteiger partial charge is 0.494 e. The van der Waals surface area contributed by atoms with Crippen LogP contribution < -0.4 is 4.74 Å². The van der Waals surface area contributed by atoms with E-state index in [4.69, 9.17) is 9.72 Å². The summed E-state index contributed by atoms with van der Waals surface area (Å²) in [6, 6.07) is 17.5. The van der Waals surface area contributed by atoms with Gasteiger partial charge in [-0.3, -0.25) is 4.40 Å². The SMILES string of the molecule is CCCCCCCCOc1ccc(-c2cn3cc(-c4ccc(CCCCCCCC)cc4)sc3n2)cc1. The second-order valence-corrected chi connectivity index (χ2v) is 11.3. The van der Waals surface area contributed by atoms with E-state index in [1.807, 2.05) is 0 Å². The van der Waals surface area contributed by atoms with Gasteiger partial charge in [0.05, 0.1) is 17.2 Å². The smallest absolute Gasteiger partial charge is 0.194 e. The van der Waals surface area contributed by atoms with Crippen molar-refractivity contribution >= 4 is 16.3 Å². The first kappa shape index (κ1) is 27.4. The lowest BCUT2D eigenvalue weighted by molar-refractivity contribution is 0.304. The number of nitrogens with zero attached hydrogens (tertiary/aromatic N) is 2. The van der Waals surface area contributed by atoms with Crippen molar-refractivity contribution in [1.29, 1.82) is 0 Å². The third-order valence-electron chi connectivity index (χ3n) is 7.13. The third kappa shape index (κ3) is 8.46. The van der Waals surface area contributed by atoms with Crippen molar-refractivity contribution in [3.8, 4) is 27.4 Å². The number of imidazole rings is 1. The molecule has 4 aromatic rings. The first-order valence-electron chi connectivity index (χ1n) is 14.6. The maximum atomic E-state index is 5.94. The van der Waals surface area contributed by atoms with Crippen LogP contribution >= 0.6 is 11.3 Å². The minimum absolute atomic E-state index is 0.800. The number of unbranched alkanes of at least 4 members (excludes halogenated alkanes) is 10. The second kappa shape index (κ2) is 15.0. The van der Waals surface area contributed by atoms with E-state index < -0.39 is 0 Å². The molecule has 0 N–H and O–H groups in total. The van der Waals surface area contributed by atoms with E-state index in [1.165, 1.54) is 93.1 Å². The molecule has 198 valence electrons. The van der Waals surface area contributed by atoms with Crippen LogP contribution in [0.1, 0.15) is 96.5 Å². The van der Waals surface area contributed by atoms with E-state index in [2.05, 4.69) is 79.2 Å². The van der Waals surface area contributed by atoms with Gasteiger partial charge in [0.25, 0.3) is 0 Å². The van der Waals surface area contributed by atoms with Crippen molar-refractivity contribution in [2.24, 2.45) is 0 Å². The molecule has 0 amide bonds. The van der Waals surface area contributed by atoms with Crippen LogP contribution in [-0.4, -0.2) is 16.0 Å². The molecule has 2 heterocycles. The number of aryl methyl sites for hydroxylation is 1. The normalized spacial score (nSPS) is 11.4. The zero-order chi connectivity index (χ0) is 25.7. The highest BCUT2D eigenvalue weighted by Gasteiger charge is 2.10. The minimum Gasteiger partial charge on any atom is -0.494 e. The summed E-state index contributed by atoms with van der Waals surface area (Å²) >= 11 is 1.75. The average molecular weight is 517 g/mol. The molecule has 0 unspecified atom stereocenters. The van der Waals surface area contributed by atoms with Crippen LogP contribution in [-0.2, 0) is 6.42 Å². The fourth-order valence-corrected chi connectivity index (χ4v) is 5.78. The fraction of sp³-hybridized carbons (Fsp3) is 0.485. The molecule has 0 aliphatic rings. The summed E-state index contributed by atoms with van der Waals surface area (Å²) in [5.41, 5.74) is 4.86. The fourth-order valence-electron chi connectivity index (χ4n) is 4.81. The Hall–Kier alpha value is -2.59. The molecule has 2 aromatic carbocycles. The summed E-state index contributed by atoms with van der Waals surface area (Å²) in [4.78, 5) is 7.19. The van der Waals surface area contributed by atoms with Crippen LogP contribution in [0.3, 0.4) is 0 Å². The quantitative estimate of drug-likeness (QED) is 0.130. The molecular weight excluding hydrogens is 472 g/mol. The zero-order valence-electron chi connectivity index (χ0n) is 22.9. The van der Waals surface area contributed by atoms with Crippen molar-refractivity contribution in [3.63, 3.8) is 0 Å². The van der Waals surface area contributed by atoms with Gasteiger partial charge in [-0.05, 0) is 54.7 Å². The molecule has 4 rings (SSSR count). The zero-order valence-corrected chi connectivity index (χ0v) is 23.7. The average Bonchev–Trinajstić information content (AvgIpc) is 3.51. The Bertz CT molecular complexity index is 1140. The standard InChI is InChI=1S/C33H44N2OS/c1-3-5-7-9-11-13-15-27-16-18-29(19-17-27)32-26-35-25-31(34-33(35)37-32)28-20-22-30(23-21-28)36-24-14-12-10-8-6-4-2/h16-23,25-26H,3-15,24H2,1-2H3. The predicted octanol–water partition coefficient (Wildman–Crippen LogP) is 10.4. The lowest BCUT2D eigenvalue weighted by Crippen LogP contribution is -1.97. The number of hydrogen-bond acceptors (Lipinski definition) is 3. The van der Waals surface area contributed by atoms with Crippen molar-refractivity contribution in [3.05, 3.63) is 66.5 Å². The molecule has 0 radical (unpaired) electrons. The van der Waals surface area contributed by atoms with Crippen molar-refractivity contribution in [2.75, 3.05) is 6.61 Å². The Morgan fingerprint density at radius 2 is 1.30 bits per heavy atom. The molecule has 0 aliphatic carbocycles. The van der Waals surface area contributed by atoms with E-state index in [-0.39, 0.29) is 0 Å². The Labute approximate surface area is 227 Å². The summed E-state index contributed by atoms with van der Waals surface area (Å²) in [5.74, 6) is 0.945. The van der Waals surface area contributed by atoms with Crippen LogP contribution in [0.2, 0.25) is 0 Å². The van der Waals surface area contributed by atoms with E-state index in [0.717, 1.165) is 35.0 Å². The second-order valence-electron chi connectivity index (χ2n) is 10.3. The highest BCUT2D eigenvalue weighted by molar-refractivity contribution is 7.20. The van der Waals surface area contributed by atoms with Gasteiger partial charge in [-0.1, -0.05) is 114 Å². The molecule has 0 fully saturated rings. The number of hydrogen-bond donors (Lipinski definition) is 0. The van der Waals surface area contributed by atoms with E-state index in [0.29, 0.717) is 0 Å². The highest BCUT2D eigenvalue weighted by Crippen LogP contribution is 2.31. The number of aromatic nitrogens is 2. The van der Waals surface area contributed by atoms with Crippen molar-refractivity contribution < 1.29 is 4.74 Å². The third-order valence-corrected chi connectivity index (χ3v) is 8.18. The number of ether oxygens (including phenoxy) is 1. The van der Waals surface area contributed by atoms with Crippen LogP contribution in [0.15, 0.2) is 60.9 Å². The van der Waals surface area contributed by atoms with Crippen molar-refractivity contribution in [2.45, 2.75) is 97.3 Å². The van der Waals surface area contributed by atoms with Crippen LogP contribution in [0, 0.1) is 0 Å². The molecule has 0 atom stereocenters. The predicted molar refractivity (Wildman–Crippen MR) is 160 cm³/mol. The van der Waals surface area contributed by atoms with Gasteiger partial charge in [-0.2, -0.15) is 0 Å². The van der Waals surface area contributed by atoms with Crippen LogP contribution in [0.4, 0.5) is 0 Å². The molecular formula is C33H44N2OS. The first-order chi connectivity index (χ1) is 18.3. The minimum atomic E-state index is 0.800. The van der Waals surface area contributed by atoms with E-state index in [1.54, 1.807) is 11.3 Å². The molecule has 0 bridgehead atoms. The topological polar surface area (TPSA) is 26.5 Å². The number of benzene rings is 2. The van der Waals surface area contributed by atoms with Gasteiger partial charge >= 0.3 is 0 Å². The first-order valence-corrected chi connectivity index (χ1v) is 15.4. The molecule has 37 heavy (non-hydrogen) atoms. The highest BCUT2D eigenvalue weighted by atomic mass is 32.1. The summed E-state index contributed by atoms with van der Waals surface area (Å²) < 4.78 is 8.09. The Kier molecular flexibility index (Phi) is 11.1. The van der Waals surface area contributed by atoms with Gasteiger partial charge in [-0.15, -0.1) is 0 Å². The van der Waals surface area contributed by atoms with Gasteiger partial charge in [0, 0.05) is 18.0 Å². The van der Waals surface area contributed by atoms with Crippen LogP contribution in [0.25, 0.3) is 26.7 Å². The molecule has 2 aromatic heterocycles. The monoisotopic (exact) mass is 516 g/mol. The maximum absolute atomic E-state index is 5.94. The van der Waals surface area contributed by atoms with Gasteiger partial charge in [0.1, 0.15) is 5.75 Å². The maximum Gasteiger partial charge on any atom is 0.194 e. The van der Waals surface area contributed by atoms with Crippen molar-refractivity contribution in [1.82, 2.24) is 9.38 Å². The molecule has 4 heteroatoms. The Balaban J connectivity index is 1.26. The lowest BCUT2D eigenvalue weighted by Gasteiger charge is -2.06. The van der Waals surface area contributed by atoms with E-state index in [9.17, 15) is 0 Å². The van der Waals surface area contributed by atoms with Gasteiger partial charge < -0.3 is 4.74 Å². The van der Waals surface area contributed by atoms with Gasteiger partial charge in [0.2, 0.25) is 0 Å². The summed E-state index contributed by atoms with van der Waals surface area (Å²) in [6.07, 6.45) is 21.3. The molecule has 0 saturated heterocycles. The summed E-state index contributed by atoms with van der Waals surface area (Å²) in [5, 5.41) is 0. The Morgan fingerprint density at radius 3 is 1.97 bits per heavy atom. The molecule has 0 saturated carbocycles. The molecule has 3 nitrogen and oxygen atoms in total. The summed E-state index contributed by atoms with van der Waals surface area (Å²) in [7, 11) is 0. The molecule has 0 spiro atoms. The lowest BCUT2D eigenvalue weighted by atomic mass is 10.0. The van der Waals surface area contributed by atoms with E-state index >= 15 is 0 Å². The van der Waals surface area contributed by atoms with Crippen LogP contribution in [0.5, 0.6) is 5.75 Å². The number of fused-ring (bicyclic) bond motifs is 1. The summed E-state index contributed by atoms with van der Waals surface area (Å²) in [6.45, 7) is 5.33.